The Balaban J connectivity index is 0.913. The number of H-pyrrole nitrogens is 1. The van der Waals surface area contributed by atoms with Crippen molar-refractivity contribution in [2.75, 3.05) is 81.7 Å². The molecule has 0 bridgehead atoms. The number of carbonyl (C=O) groups is 1. The van der Waals surface area contributed by atoms with E-state index in [-0.39, 0.29) is 46.9 Å². The molecular formula is C49H58ClN9O8S2. The predicted molar refractivity (Wildman–Crippen MR) is 270 cm³/mol. The van der Waals surface area contributed by atoms with Crippen molar-refractivity contribution < 1.29 is 31.8 Å². The van der Waals surface area contributed by atoms with Crippen molar-refractivity contribution in [1.29, 1.82) is 0 Å². The molecule has 2 fully saturated rings. The topological polar surface area (TPSA) is 205 Å². The second-order valence-electron chi connectivity index (χ2n) is 19.5. The number of aromatic nitrogens is 2. The number of aromatic amines is 1. The van der Waals surface area contributed by atoms with E-state index in [9.17, 15) is 27.5 Å². The van der Waals surface area contributed by atoms with Crippen LogP contribution in [-0.2, 0) is 19.8 Å². The standard InChI is InChI=1S/C49H58ClN9O8S2/c1-49(2)15-11-34(42(27-49)32-5-7-35(50)8-6-32)29-57-19-21-58(22-20-57)38-9-10-41(44(24-38)67-39-23-33-12-16-51-47(33)52-28-39)48(60)55-69(64,65)40-25-43(59(61)62)46-45(26-40)66-31-37(53-46)30-56-17-13-36(14-18-56)54-68(3,4)63/h5-10,12,16,23-26,28,36-37,53H,11,13-15,17-22,27,29-31H2,1-4H3,(H,51,52)(H,55,60)/t37-/m0/s1. The van der Waals surface area contributed by atoms with E-state index < -0.39 is 41.2 Å². The van der Waals surface area contributed by atoms with Gasteiger partial charge in [0.25, 0.3) is 21.6 Å². The third-order valence-corrected chi connectivity index (χ3v) is 15.7. The Hall–Kier alpha value is -5.73. The highest BCUT2D eigenvalue weighted by Gasteiger charge is 2.34. The number of sulfonamides is 1. The van der Waals surface area contributed by atoms with Crippen LogP contribution in [0.25, 0.3) is 16.6 Å². The lowest BCUT2D eigenvalue weighted by atomic mass is 9.72. The fourth-order valence-corrected chi connectivity index (χ4v) is 11.8. The van der Waals surface area contributed by atoms with E-state index in [1.165, 1.54) is 35.0 Å². The Bertz CT molecular complexity index is 3040. The molecule has 0 radical (unpaired) electrons. The van der Waals surface area contributed by atoms with Crippen molar-refractivity contribution in [2.45, 2.75) is 62.9 Å². The van der Waals surface area contributed by atoms with E-state index >= 15 is 0 Å². The lowest BCUT2D eigenvalue weighted by molar-refractivity contribution is -0.384. The third-order valence-electron chi connectivity index (χ3n) is 13.4. The Morgan fingerprint density at radius 3 is 2.48 bits per heavy atom. The molecule has 1 atom stereocenters. The third kappa shape index (κ3) is 11.5. The van der Waals surface area contributed by atoms with Crippen LogP contribution in [0.1, 0.15) is 61.9 Å². The zero-order chi connectivity index (χ0) is 48.7. The van der Waals surface area contributed by atoms with Crippen molar-refractivity contribution in [2.24, 2.45) is 9.78 Å². The Labute approximate surface area is 408 Å². The van der Waals surface area contributed by atoms with Crippen molar-refractivity contribution in [3.8, 4) is 17.2 Å². The predicted octanol–water partition coefficient (Wildman–Crippen LogP) is 8.19. The maximum atomic E-state index is 14.1. The van der Waals surface area contributed by atoms with Gasteiger partial charge in [-0.1, -0.05) is 43.2 Å². The summed E-state index contributed by atoms with van der Waals surface area (Å²) in [5.41, 5.74) is 5.21. The number of carbonyl (C=O) groups excluding carboxylic acids is 1. The van der Waals surface area contributed by atoms with Gasteiger partial charge < -0.3 is 29.6 Å². The maximum Gasteiger partial charge on any atom is 0.297 e. The Morgan fingerprint density at radius 2 is 1.75 bits per heavy atom. The molecule has 17 nitrogen and oxygen atoms in total. The molecule has 5 aromatic rings. The number of halogens is 1. The van der Waals surface area contributed by atoms with Gasteiger partial charge >= 0.3 is 0 Å². The quantitative estimate of drug-likeness (QED) is 0.0753. The van der Waals surface area contributed by atoms with Gasteiger partial charge in [0, 0.05) is 115 Å². The largest absolute Gasteiger partial charge is 0.489 e. The SMILES string of the molecule is CC1(C)CCC(CN2CCN(c3ccc(C(=O)NS(=O)(=O)c4cc5c(c([N+](=O)[O-])c4)N[C@@H](CN4CCC(N=S(C)(C)=O)CC4)CO5)c(Oc4cnc5[nH]ccc5c4)c3)CC2)=C(c2ccc(Cl)cc2)C1. The molecule has 2 saturated heterocycles. The number of rotatable bonds is 13. The maximum absolute atomic E-state index is 14.1. The minimum atomic E-state index is -4.69. The summed E-state index contributed by atoms with van der Waals surface area (Å²) in [7, 11) is -6.90. The second kappa shape index (κ2) is 19.6. The summed E-state index contributed by atoms with van der Waals surface area (Å²) in [6.45, 7) is 10.6. The summed E-state index contributed by atoms with van der Waals surface area (Å²) in [4.78, 5) is 39.8. The number of fused-ring (bicyclic) bond motifs is 2. The average Bonchev–Trinajstić information content (AvgIpc) is 3.78. The minimum Gasteiger partial charge on any atom is -0.489 e. The van der Waals surface area contributed by atoms with Crippen LogP contribution in [0.3, 0.4) is 0 Å². The molecule has 3 N–H and O–H groups in total. The summed E-state index contributed by atoms with van der Waals surface area (Å²) in [5, 5.41) is 17.1. The molecule has 0 spiro atoms. The van der Waals surface area contributed by atoms with Gasteiger partial charge in [-0.2, -0.15) is 0 Å². The summed E-state index contributed by atoms with van der Waals surface area (Å²) in [6, 6.07) is 18.6. The van der Waals surface area contributed by atoms with E-state index in [0.29, 0.717) is 44.1 Å². The van der Waals surface area contributed by atoms with E-state index in [1.54, 1.807) is 36.9 Å². The number of nitrogens with one attached hydrogen (secondary N) is 3. The van der Waals surface area contributed by atoms with Crippen molar-refractivity contribution >= 4 is 70.9 Å². The molecule has 69 heavy (non-hydrogen) atoms. The lowest BCUT2D eigenvalue weighted by Crippen LogP contribution is -2.47. The van der Waals surface area contributed by atoms with Gasteiger partial charge in [0.1, 0.15) is 23.8 Å². The smallest absolute Gasteiger partial charge is 0.297 e. The molecule has 4 aliphatic rings. The number of hydrogen-bond acceptors (Lipinski definition) is 14. The number of pyridine rings is 1. The van der Waals surface area contributed by atoms with E-state index in [2.05, 4.69) is 65.0 Å². The molecule has 3 aromatic carbocycles. The molecule has 5 heterocycles. The number of amides is 1. The number of ether oxygens (including phenoxy) is 2. The normalized spacial score (nSPS) is 19.4. The van der Waals surface area contributed by atoms with Crippen molar-refractivity contribution in [1.82, 2.24) is 24.5 Å². The minimum absolute atomic E-state index is 0.0175. The van der Waals surface area contributed by atoms with Crippen LogP contribution in [0.4, 0.5) is 17.1 Å². The number of allylic oxidation sites excluding steroid dienone is 1. The van der Waals surface area contributed by atoms with Crippen LogP contribution >= 0.6 is 11.6 Å². The van der Waals surface area contributed by atoms with E-state index in [1.807, 2.05) is 18.2 Å². The zero-order valence-corrected chi connectivity index (χ0v) is 41.6. The molecule has 2 aromatic heterocycles. The summed E-state index contributed by atoms with van der Waals surface area (Å²) < 4.78 is 59.1. The van der Waals surface area contributed by atoms with Crippen molar-refractivity contribution in [3.05, 3.63) is 111 Å². The van der Waals surface area contributed by atoms with Gasteiger partial charge in [0.2, 0.25) is 0 Å². The van der Waals surface area contributed by atoms with Gasteiger partial charge in [-0.05, 0) is 85.1 Å². The first-order valence-corrected chi connectivity index (χ1v) is 27.4. The molecule has 3 aliphatic heterocycles. The van der Waals surface area contributed by atoms with E-state index in [0.717, 1.165) is 73.9 Å². The molecule has 0 unspecified atom stereocenters. The number of benzene rings is 3. The monoisotopic (exact) mass is 999 g/mol. The van der Waals surface area contributed by atoms with Crippen molar-refractivity contribution in [3.63, 3.8) is 0 Å². The van der Waals surface area contributed by atoms with Crippen LogP contribution in [-0.4, -0.2) is 127 Å². The average molecular weight is 1000 g/mol. The summed E-state index contributed by atoms with van der Waals surface area (Å²) in [6.07, 6.45) is 11.2. The Morgan fingerprint density at radius 1 is 1.00 bits per heavy atom. The molecule has 366 valence electrons. The fourth-order valence-electron chi connectivity index (χ4n) is 9.76. The number of piperazine rings is 1. The van der Waals surface area contributed by atoms with Crippen LogP contribution in [0, 0.1) is 15.5 Å². The van der Waals surface area contributed by atoms with Gasteiger partial charge in [0.15, 0.2) is 11.4 Å². The Kier molecular flexibility index (Phi) is 13.7. The molecule has 1 aliphatic carbocycles. The number of likely N-dealkylation sites (tertiary alicyclic amines) is 1. The highest BCUT2D eigenvalue weighted by Crippen LogP contribution is 2.44. The van der Waals surface area contributed by atoms with Crippen LogP contribution < -0.4 is 24.4 Å². The van der Waals surface area contributed by atoms with Crippen LogP contribution in [0.5, 0.6) is 17.2 Å². The molecule has 1 amide bonds. The number of nitro benzene ring substituents is 1. The highest BCUT2D eigenvalue weighted by atomic mass is 35.5. The fraction of sp³-hybridized carbons (Fsp3) is 0.429. The summed E-state index contributed by atoms with van der Waals surface area (Å²) in [5.74, 6) is -0.576. The van der Waals surface area contributed by atoms with Gasteiger partial charge in [0.05, 0.1) is 33.7 Å². The van der Waals surface area contributed by atoms with Gasteiger partial charge in [-0.3, -0.25) is 24.0 Å². The number of hydrogen-bond donors (Lipinski definition) is 3. The zero-order valence-electron chi connectivity index (χ0n) is 39.2. The molecule has 20 heteroatoms. The molecular weight excluding hydrogens is 942 g/mol. The lowest BCUT2D eigenvalue weighted by Gasteiger charge is -2.39. The summed E-state index contributed by atoms with van der Waals surface area (Å²) >= 11 is 6.25. The van der Waals surface area contributed by atoms with E-state index in [4.69, 9.17) is 21.1 Å². The number of anilines is 2. The number of nitro groups is 1. The van der Waals surface area contributed by atoms with Gasteiger partial charge in [-0.25, -0.2) is 22.5 Å². The van der Waals surface area contributed by atoms with Crippen LogP contribution in [0.15, 0.2) is 94.0 Å². The first kappa shape index (κ1) is 48.3. The van der Waals surface area contributed by atoms with Crippen LogP contribution in [0.2, 0.25) is 5.02 Å². The molecule has 9 rings (SSSR count). The second-order valence-corrected chi connectivity index (χ2v) is 24.2. The number of nitrogens with zero attached hydrogens (tertiary/aromatic N) is 6. The van der Waals surface area contributed by atoms with Gasteiger partial charge in [-0.15, -0.1) is 0 Å². The highest BCUT2D eigenvalue weighted by molar-refractivity contribution is 7.92. The first-order chi connectivity index (χ1) is 32.8. The molecule has 0 saturated carbocycles. The number of piperidine rings is 1. The first-order valence-electron chi connectivity index (χ1n) is 23.2.